The van der Waals surface area contributed by atoms with Gasteiger partial charge in [-0.05, 0) is 50.3 Å². The number of carbonyl (C=O) groups is 2. The van der Waals surface area contributed by atoms with E-state index in [1.165, 1.54) is 0 Å². The van der Waals surface area contributed by atoms with Crippen LogP contribution >= 0.6 is 0 Å². The van der Waals surface area contributed by atoms with Crippen LogP contribution in [0.3, 0.4) is 0 Å². The highest BCUT2D eigenvalue weighted by Gasteiger charge is 2.48. The molecule has 1 aromatic rings. The molecule has 0 saturated heterocycles. The van der Waals surface area contributed by atoms with Gasteiger partial charge in [0.05, 0.1) is 25.5 Å². The van der Waals surface area contributed by atoms with Crippen molar-refractivity contribution >= 4 is 35.0 Å². The minimum atomic E-state index is -1.01. The lowest BCUT2D eigenvalue weighted by atomic mass is 9.81. The number of quaternary nitrogens is 2. The molecule has 0 bridgehead atoms. The molecule has 0 spiro atoms. The average molecular weight is 634 g/mol. The molecule has 14 nitrogen and oxygen atoms in total. The second-order valence-corrected chi connectivity index (χ2v) is 12.4. The third kappa shape index (κ3) is 5.06. The van der Waals surface area contributed by atoms with Crippen LogP contribution in [0.5, 0.6) is 17.2 Å². The molecule has 0 radical (unpaired) electrons. The highest BCUT2D eigenvalue weighted by molar-refractivity contribution is 6.68. The Hall–Kier alpha value is -4.53. The first-order valence-corrected chi connectivity index (χ1v) is 15.8. The summed E-state index contributed by atoms with van der Waals surface area (Å²) in [5.74, 6) is 0.960. The number of hydrogen-bond acceptors (Lipinski definition) is 10. The Labute approximate surface area is 265 Å². The second-order valence-electron chi connectivity index (χ2n) is 12.4. The number of ether oxygens (including phenoxy) is 4. The molecule has 0 aromatic heterocycles. The van der Waals surface area contributed by atoms with Crippen molar-refractivity contribution in [3.63, 3.8) is 0 Å². The molecule has 242 valence electrons. The van der Waals surface area contributed by atoms with Crippen LogP contribution in [0.1, 0.15) is 50.7 Å². The number of benzene rings is 1. The van der Waals surface area contributed by atoms with E-state index in [9.17, 15) is 14.7 Å². The van der Waals surface area contributed by atoms with Crippen molar-refractivity contribution in [3.8, 4) is 17.2 Å². The number of methoxy groups -OCH3 is 1. The van der Waals surface area contributed by atoms with E-state index in [0.717, 1.165) is 41.0 Å². The van der Waals surface area contributed by atoms with Gasteiger partial charge in [-0.3, -0.25) is 20.8 Å². The number of aliphatic hydroxyl groups is 1. The number of fused-ring (bicyclic) bond motifs is 3. The number of rotatable bonds is 8. The Morgan fingerprint density at radius 2 is 2.11 bits per heavy atom. The lowest BCUT2D eigenvalue weighted by Crippen LogP contribution is -3.36. The van der Waals surface area contributed by atoms with E-state index in [-0.39, 0.29) is 36.2 Å². The highest BCUT2D eigenvalue weighted by Crippen LogP contribution is 2.51. The molecule has 5 aliphatic heterocycles. The maximum Gasteiger partial charge on any atom is 0.374 e. The Bertz CT molecular complexity index is 1650. The quantitative estimate of drug-likeness (QED) is 0.201. The number of nitrogens with one attached hydrogen (secondary N) is 5. The minimum absolute atomic E-state index is 0.0426. The second kappa shape index (κ2) is 11.7. The Kier molecular flexibility index (Phi) is 7.65. The van der Waals surface area contributed by atoms with E-state index in [0.29, 0.717) is 53.9 Å². The van der Waals surface area contributed by atoms with Crippen molar-refractivity contribution < 1.29 is 43.4 Å². The Morgan fingerprint density at radius 3 is 2.87 bits per heavy atom. The zero-order valence-electron chi connectivity index (χ0n) is 26.1. The fourth-order valence-electron chi connectivity index (χ4n) is 7.33. The van der Waals surface area contributed by atoms with Crippen LogP contribution in [-0.2, 0) is 20.7 Å². The normalized spacial score (nSPS) is 28.5. The summed E-state index contributed by atoms with van der Waals surface area (Å²) in [5.41, 5.74) is 1.48. The molecule has 1 saturated carbocycles. The summed E-state index contributed by atoms with van der Waals surface area (Å²) in [6.45, 7) is 4.57. The van der Waals surface area contributed by atoms with Gasteiger partial charge in [0.15, 0.2) is 6.67 Å². The van der Waals surface area contributed by atoms with E-state index in [1.54, 1.807) is 26.2 Å². The van der Waals surface area contributed by atoms with Crippen LogP contribution in [0.25, 0.3) is 5.57 Å². The highest BCUT2D eigenvalue weighted by atomic mass is 16.6. The van der Waals surface area contributed by atoms with Crippen LogP contribution in [0.4, 0.5) is 0 Å². The summed E-state index contributed by atoms with van der Waals surface area (Å²) < 4.78 is 23.8. The van der Waals surface area contributed by atoms with Crippen LogP contribution in [-0.4, -0.2) is 79.4 Å². The summed E-state index contributed by atoms with van der Waals surface area (Å²) in [7, 11) is 1.60. The fourth-order valence-corrected chi connectivity index (χ4v) is 7.33. The van der Waals surface area contributed by atoms with Crippen molar-refractivity contribution in [2.24, 2.45) is 15.9 Å². The molecule has 3 unspecified atom stereocenters. The first-order chi connectivity index (χ1) is 22.2. The molecule has 5 atom stereocenters. The molecule has 5 heterocycles. The van der Waals surface area contributed by atoms with Crippen molar-refractivity contribution in [1.29, 1.82) is 5.41 Å². The summed E-state index contributed by atoms with van der Waals surface area (Å²) >= 11 is 0. The maximum atomic E-state index is 12.9. The monoisotopic (exact) mass is 633 g/mol. The molecule has 6 aliphatic rings. The molecule has 46 heavy (non-hydrogen) atoms. The van der Waals surface area contributed by atoms with Gasteiger partial charge in [0, 0.05) is 18.1 Å². The minimum Gasteiger partial charge on any atom is -0.496 e. The largest absolute Gasteiger partial charge is 0.496 e. The van der Waals surface area contributed by atoms with Gasteiger partial charge in [-0.1, -0.05) is 12.8 Å². The lowest BCUT2D eigenvalue weighted by Gasteiger charge is -2.35. The number of aliphatic imine (C=N–C) groups is 2. The van der Waals surface area contributed by atoms with Crippen molar-refractivity contribution in [2.75, 3.05) is 26.9 Å². The number of guanidine groups is 1. The molecule has 1 aromatic carbocycles. The molecule has 7 rings (SSSR count). The van der Waals surface area contributed by atoms with E-state index >= 15 is 0 Å². The summed E-state index contributed by atoms with van der Waals surface area (Å²) in [6, 6.07) is 1.78. The van der Waals surface area contributed by atoms with E-state index < -0.39 is 23.6 Å². The maximum absolute atomic E-state index is 12.9. The van der Waals surface area contributed by atoms with Gasteiger partial charge >= 0.3 is 12.3 Å². The van der Waals surface area contributed by atoms with Crippen molar-refractivity contribution in [3.05, 3.63) is 47.5 Å². The number of esters is 1. The SMILES string of the molecule is CCOC(=O)C1=C/C(=C\C[NH+]2C=CNC2[NH+]2CN=C3C(=O)NC(=N)N=C32)c2c(cc3c(c2OC)C[C@@H]([C@@](C)(O)C2CCCC2)O3)O1. The summed E-state index contributed by atoms with van der Waals surface area (Å²) in [4.78, 5) is 35.7. The molecule has 1 aliphatic carbocycles. The number of allylic oxidation sites excluding steroid dienone is 2. The van der Waals surface area contributed by atoms with Crippen LogP contribution in [0.15, 0.2) is 46.4 Å². The van der Waals surface area contributed by atoms with Gasteiger partial charge in [-0.2, -0.15) is 9.89 Å². The number of amidine groups is 1. The van der Waals surface area contributed by atoms with Gasteiger partial charge in [0.25, 0.3) is 11.7 Å². The molecule has 14 heteroatoms. The number of amides is 1. The first kappa shape index (κ1) is 30.1. The van der Waals surface area contributed by atoms with Crippen LogP contribution in [0, 0.1) is 11.3 Å². The number of carbonyl (C=O) groups excluding carboxylic acids is 2. The van der Waals surface area contributed by atoms with Gasteiger partial charge in [0.2, 0.25) is 17.4 Å². The summed E-state index contributed by atoms with van der Waals surface area (Å²) in [5, 5.41) is 25.3. The van der Waals surface area contributed by atoms with Gasteiger partial charge < -0.3 is 24.1 Å². The van der Waals surface area contributed by atoms with Crippen molar-refractivity contribution in [2.45, 2.75) is 63.9 Å². The Morgan fingerprint density at radius 1 is 1.30 bits per heavy atom. The molecular formula is C32H39N7O7+2. The predicted octanol–water partition coefficient (Wildman–Crippen LogP) is -0.834. The topological polar surface area (TPSA) is 173 Å². The van der Waals surface area contributed by atoms with E-state index in [1.807, 2.05) is 25.4 Å². The van der Waals surface area contributed by atoms with Crippen molar-refractivity contribution in [1.82, 2.24) is 10.6 Å². The van der Waals surface area contributed by atoms with Gasteiger partial charge in [-0.25, -0.2) is 14.7 Å². The van der Waals surface area contributed by atoms with Gasteiger partial charge in [-0.15, -0.1) is 0 Å². The lowest BCUT2D eigenvalue weighted by molar-refractivity contribution is -1.05. The van der Waals surface area contributed by atoms with E-state index in [4.69, 9.17) is 24.4 Å². The van der Waals surface area contributed by atoms with Gasteiger partial charge in [0.1, 0.15) is 41.7 Å². The molecule has 1 amide bonds. The zero-order valence-corrected chi connectivity index (χ0v) is 26.1. The smallest absolute Gasteiger partial charge is 0.374 e. The zero-order chi connectivity index (χ0) is 32.2. The third-order valence-electron chi connectivity index (χ3n) is 9.72. The molecule has 1 fully saturated rings. The van der Waals surface area contributed by atoms with Crippen LogP contribution in [0.2, 0.25) is 0 Å². The number of nitrogens with zero attached hydrogens (tertiary/aromatic N) is 2. The number of hydrogen-bond donors (Lipinski definition) is 6. The Balaban J connectivity index is 1.21. The van der Waals surface area contributed by atoms with Crippen LogP contribution < -0.4 is 34.6 Å². The third-order valence-corrected chi connectivity index (χ3v) is 9.72. The average Bonchev–Trinajstić information content (AvgIpc) is 3.85. The standard InChI is InChI=1S/C32H37N7O7/c1-4-44-29(41)22-13-17(9-11-38-12-10-34-31(38)39-16-35-25-27(39)36-30(33)37-28(25)40)24-21(45-22)15-20-19(26(24)43-3)14-23(46-20)32(2,42)18-7-5-6-8-18/h9-10,12-13,15,18,23,31,34,42H,4-8,11,14,16H2,1-3H3,(H2,33,37,40)/p+2/b17-9+/t23-,31?,32-/m0/s1. The van der Waals surface area contributed by atoms with E-state index in [2.05, 4.69) is 20.6 Å². The summed E-state index contributed by atoms with van der Waals surface area (Å²) in [6.07, 6.45) is 11.4. The molecule has 6 N–H and O–H groups in total. The first-order valence-electron chi connectivity index (χ1n) is 15.8. The molecular weight excluding hydrogens is 594 g/mol. The fraction of sp³-hybridized carbons (Fsp3) is 0.469. The predicted molar refractivity (Wildman–Crippen MR) is 165 cm³/mol.